The van der Waals surface area contributed by atoms with E-state index in [2.05, 4.69) is 15.3 Å². The number of nitrogens with one attached hydrogen (secondary N) is 2. The Morgan fingerprint density at radius 1 is 1.04 bits per heavy atom. The van der Waals surface area contributed by atoms with E-state index >= 15 is 0 Å². The number of carbonyl (C=O) groups excluding carboxylic acids is 1. The fourth-order valence-electron chi connectivity index (χ4n) is 2.38. The second-order valence-corrected chi connectivity index (χ2v) is 6.79. The predicted octanol–water partition coefficient (Wildman–Crippen LogP) is 4.26. The third kappa shape index (κ3) is 5.01. The number of benzene rings is 2. The maximum Gasteiger partial charge on any atom is 0.433 e. The molecule has 0 aliphatic carbocycles. The second-order valence-electron chi connectivity index (χ2n) is 5.70. The zero-order valence-corrected chi connectivity index (χ0v) is 15.1. The van der Waals surface area contributed by atoms with E-state index in [1.54, 1.807) is 60.7 Å². The van der Waals surface area contributed by atoms with Gasteiger partial charge in [0.05, 0.1) is 0 Å². The van der Waals surface area contributed by atoms with Crippen LogP contribution in [-0.4, -0.2) is 15.9 Å². The Morgan fingerprint density at radius 2 is 1.64 bits per heavy atom. The summed E-state index contributed by atoms with van der Waals surface area (Å²) in [5, 5.41) is 1.50. The summed E-state index contributed by atoms with van der Waals surface area (Å²) in [5.74, 6) is -0.456. The molecule has 0 saturated heterocycles. The highest BCUT2D eigenvalue weighted by Crippen LogP contribution is 2.35. The van der Waals surface area contributed by atoms with E-state index in [0.29, 0.717) is 17.3 Å². The first kappa shape index (κ1) is 19.7. The van der Waals surface area contributed by atoms with Crippen LogP contribution in [0.2, 0.25) is 0 Å². The molecule has 2 N–H and O–H groups in total. The van der Waals surface area contributed by atoms with Crippen molar-refractivity contribution in [1.82, 2.24) is 9.97 Å². The van der Waals surface area contributed by atoms with Crippen molar-refractivity contribution in [3.05, 3.63) is 88.3 Å². The van der Waals surface area contributed by atoms with E-state index in [-0.39, 0.29) is 5.16 Å². The Labute approximate surface area is 162 Å². The fourth-order valence-corrected chi connectivity index (χ4v) is 3.37. The van der Waals surface area contributed by atoms with Gasteiger partial charge in [0.15, 0.2) is 10.9 Å². The van der Waals surface area contributed by atoms with Gasteiger partial charge < -0.3 is 10.3 Å². The van der Waals surface area contributed by atoms with Crippen molar-refractivity contribution in [2.24, 2.45) is 0 Å². The average Bonchev–Trinajstić information content (AvgIpc) is 2.66. The van der Waals surface area contributed by atoms with Crippen LogP contribution in [0.5, 0.6) is 0 Å². The fraction of sp³-hybridized carbons (Fsp3) is 0.105. The number of hydrogen-bond acceptors (Lipinski definition) is 4. The van der Waals surface area contributed by atoms with E-state index in [4.69, 9.17) is 0 Å². The van der Waals surface area contributed by atoms with E-state index in [1.807, 2.05) is 0 Å². The summed E-state index contributed by atoms with van der Waals surface area (Å²) in [7, 11) is 0. The van der Waals surface area contributed by atoms with Crippen molar-refractivity contribution < 1.29 is 18.0 Å². The number of aromatic nitrogens is 2. The second kappa shape index (κ2) is 8.30. The smallest absolute Gasteiger partial charge is 0.325 e. The molecule has 1 unspecified atom stereocenters. The number of anilines is 1. The van der Waals surface area contributed by atoms with E-state index in [1.165, 1.54) is 0 Å². The molecule has 144 valence electrons. The summed E-state index contributed by atoms with van der Waals surface area (Å²) in [4.78, 5) is 30.2. The number of carbonyl (C=O) groups is 1. The molecule has 0 aliphatic rings. The number of hydrogen-bond donors (Lipinski definition) is 2. The zero-order valence-electron chi connectivity index (χ0n) is 14.2. The molecular weight excluding hydrogens is 391 g/mol. The number of amides is 1. The third-order valence-electron chi connectivity index (χ3n) is 3.62. The monoisotopic (exact) mass is 405 g/mol. The number of rotatable bonds is 5. The van der Waals surface area contributed by atoms with Gasteiger partial charge in [-0.2, -0.15) is 13.2 Å². The number of H-pyrrole nitrogens is 1. The molecular formula is C19H14F3N3O2S. The molecule has 28 heavy (non-hydrogen) atoms. The number of halogens is 3. The van der Waals surface area contributed by atoms with Gasteiger partial charge in [0.1, 0.15) is 5.25 Å². The van der Waals surface area contributed by atoms with Gasteiger partial charge in [-0.25, -0.2) is 4.98 Å². The van der Waals surface area contributed by atoms with Gasteiger partial charge in [0.2, 0.25) is 5.91 Å². The molecule has 0 spiro atoms. The molecule has 5 nitrogen and oxygen atoms in total. The van der Waals surface area contributed by atoms with Crippen LogP contribution >= 0.6 is 11.8 Å². The largest absolute Gasteiger partial charge is 0.433 e. The Kier molecular flexibility index (Phi) is 5.84. The molecule has 9 heteroatoms. The topological polar surface area (TPSA) is 74.8 Å². The summed E-state index contributed by atoms with van der Waals surface area (Å²) in [6.07, 6.45) is -4.77. The summed E-state index contributed by atoms with van der Waals surface area (Å²) >= 11 is 0.735. The summed E-state index contributed by atoms with van der Waals surface area (Å²) in [6, 6.07) is 17.6. The molecule has 0 aliphatic heterocycles. The Bertz CT molecular complexity index is 1010. The minimum absolute atomic E-state index is 0.295. The minimum Gasteiger partial charge on any atom is -0.325 e. The molecule has 0 saturated carbocycles. The highest BCUT2D eigenvalue weighted by molar-refractivity contribution is 8.00. The average molecular weight is 405 g/mol. The Balaban J connectivity index is 1.93. The summed E-state index contributed by atoms with van der Waals surface area (Å²) < 4.78 is 38.9. The van der Waals surface area contributed by atoms with Gasteiger partial charge in [-0.1, -0.05) is 60.3 Å². The third-order valence-corrected chi connectivity index (χ3v) is 4.76. The van der Waals surface area contributed by atoms with Crippen LogP contribution in [-0.2, 0) is 11.0 Å². The van der Waals surface area contributed by atoms with E-state index in [0.717, 1.165) is 11.8 Å². The lowest BCUT2D eigenvalue weighted by atomic mass is 10.1. The SMILES string of the molecule is O=C(Nc1ccccc1)C(Sc1nc(C(F)(F)F)cc(=O)[nH]1)c1ccccc1. The van der Waals surface area contributed by atoms with Gasteiger partial charge in [0.25, 0.3) is 5.56 Å². The van der Waals surface area contributed by atoms with Gasteiger partial charge in [-0.3, -0.25) is 9.59 Å². The standard InChI is InChI=1S/C19H14F3N3O2S/c20-19(21,22)14-11-15(26)25-18(24-14)28-16(12-7-3-1-4-8-12)17(27)23-13-9-5-2-6-10-13/h1-11,16H,(H,23,27)(H,24,25,26). The first-order chi connectivity index (χ1) is 13.3. The van der Waals surface area contributed by atoms with Crippen molar-refractivity contribution in [3.8, 4) is 0 Å². The normalized spacial score (nSPS) is 12.4. The van der Waals surface area contributed by atoms with Gasteiger partial charge in [-0.05, 0) is 17.7 Å². The Morgan fingerprint density at radius 3 is 2.25 bits per heavy atom. The molecule has 1 heterocycles. The first-order valence-corrected chi connectivity index (χ1v) is 8.97. The van der Waals surface area contributed by atoms with E-state index in [9.17, 15) is 22.8 Å². The number of thioether (sulfide) groups is 1. The van der Waals surface area contributed by atoms with E-state index < -0.39 is 28.6 Å². The maximum absolute atomic E-state index is 13.0. The molecule has 2 aromatic carbocycles. The van der Waals surface area contributed by atoms with Crippen LogP contribution in [0.15, 0.2) is 76.7 Å². The van der Waals surface area contributed by atoms with Gasteiger partial charge in [-0.15, -0.1) is 0 Å². The maximum atomic E-state index is 13.0. The number of alkyl halides is 3. The summed E-state index contributed by atoms with van der Waals surface area (Å²) in [5.41, 5.74) is -1.16. The van der Waals surface area contributed by atoms with Crippen LogP contribution in [0.1, 0.15) is 16.5 Å². The molecule has 0 bridgehead atoms. The highest BCUT2D eigenvalue weighted by Gasteiger charge is 2.34. The molecule has 0 fully saturated rings. The number of aromatic amines is 1. The molecule has 3 aromatic rings. The van der Waals surface area contributed by atoms with Crippen molar-refractivity contribution in [3.63, 3.8) is 0 Å². The lowest BCUT2D eigenvalue weighted by Gasteiger charge is -2.17. The molecule has 1 aromatic heterocycles. The predicted molar refractivity (Wildman–Crippen MR) is 100.0 cm³/mol. The van der Waals surface area contributed by atoms with Crippen LogP contribution in [0.25, 0.3) is 0 Å². The minimum atomic E-state index is -4.77. The van der Waals surface area contributed by atoms with Gasteiger partial charge >= 0.3 is 6.18 Å². The highest BCUT2D eigenvalue weighted by atomic mass is 32.2. The lowest BCUT2D eigenvalue weighted by Crippen LogP contribution is -2.21. The molecule has 3 rings (SSSR count). The van der Waals surface area contributed by atoms with Crippen molar-refractivity contribution in [2.75, 3.05) is 5.32 Å². The van der Waals surface area contributed by atoms with Gasteiger partial charge in [0, 0.05) is 11.8 Å². The van der Waals surface area contributed by atoms with Crippen LogP contribution < -0.4 is 10.9 Å². The quantitative estimate of drug-likeness (QED) is 0.491. The van der Waals surface area contributed by atoms with Crippen LogP contribution in [0.4, 0.5) is 18.9 Å². The first-order valence-electron chi connectivity index (χ1n) is 8.09. The van der Waals surface area contributed by atoms with Crippen LogP contribution in [0, 0.1) is 0 Å². The molecule has 1 amide bonds. The van der Waals surface area contributed by atoms with Crippen molar-refractivity contribution >= 4 is 23.4 Å². The van der Waals surface area contributed by atoms with Crippen molar-refractivity contribution in [1.29, 1.82) is 0 Å². The van der Waals surface area contributed by atoms with Crippen molar-refractivity contribution in [2.45, 2.75) is 16.6 Å². The molecule has 0 radical (unpaired) electrons. The lowest BCUT2D eigenvalue weighted by molar-refractivity contribution is -0.141. The molecule has 1 atom stereocenters. The Hall–Kier alpha value is -3.07. The zero-order chi connectivity index (χ0) is 20.1. The van der Waals surface area contributed by atoms with Crippen LogP contribution in [0.3, 0.4) is 0 Å². The number of para-hydroxylation sites is 1. The number of nitrogens with zero attached hydrogens (tertiary/aromatic N) is 1. The summed E-state index contributed by atoms with van der Waals surface area (Å²) in [6.45, 7) is 0.